The number of aromatic nitrogens is 2. The highest BCUT2D eigenvalue weighted by Crippen LogP contribution is 2.67. The number of benzene rings is 1. The predicted molar refractivity (Wildman–Crippen MR) is 131 cm³/mol. The lowest BCUT2D eigenvalue weighted by atomic mass is 9.58. The van der Waals surface area contributed by atoms with Crippen molar-refractivity contribution in [1.82, 2.24) is 10.2 Å². The lowest BCUT2D eigenvalue weighted by Gasteiger charge is -2.54. The molecule has 3 heterocycles. The molecule has 6 nitrogen and oxygen atoms in total. The monoisotopic (exact) mass is 459 g/mol. The molecule has 1 aromatic heterocycles. The molecular weight excluding hydrogens is 426 g/mol. The molecule has 2 fully saturated rings. The first-order valence-corrected chi connectivity index (χ1v) is 12.7. The van der Waals surface area contributed by atoms with Crippen molar-refractivity contribution in [1.29, 1.82) is 0 Å². The minimum atomic E-state index is -0.704. The Morgan fingerprint density at radius 2 is 2.12 bits per heavy atom. The van der Waals surface area contributed by atoms with Gasteiger partial charge in [0.15, 0.2) is 0 Å². The Morgan fingerprint density at radius 1 is 1.24 bits per heavy atom. The molecule has 5 atom stereocenters. The molecule has 2 aromatic rings. The highest BCUT2D eigenvalue weighted by molar-refractivity contribution is 5.84. The van der Waals surface area contributed by atoms with Crippen molar-refractivity contribution < 1.29 is 14.4 Å². The number of aromatic amines is 1. The molecule has 3 aliphatic carbocycles. The summed E-state index contributed by atoms with van der Waals surface area (Å²) in [5, 5.41) is 20.7. The average Bonchev–Trinajstić information content (AvgIpc) is 3.46. The van der Waals surface area contributed by atoms with Gasteiger partial charge in [0, 0.05) is 23.1 Å². The van der Waals surface area contributed by atoms with E-state index >= 15 is 0 Å². The standard InChI is InChI=1S/C28H33N3O3/c1-26-11-10-21-15-20-6-7-22(33-31(2,3)32)16-27(20)12-13-28(21,34-27)25(26)9-8-23(26)18-4-5-19-17-29-30-24(19)14-18/h4-5,8,10,14-15,17,22,25H,6-7,9,11-13,16H2,1-3H3,(H,29,30)/t22?,25-,26?,27-,28-/m1/s1. The van der Waals surface area contributed by atoms with Gasteiger partial charge in [0.05, 0.1) is 37.0 Å². The van der Waals surface area contributed by atoms with Crippen LogP contribution in [-0.2, 0) is 9.57 Å². The minimum Gasteiger partial charge on any atom is -0.599 e. The maximum Gasteiger partial charge on any atom is 0.121 e. The largest absolute Gasteiger partial charge is 0.599 e. The molecule has 1 saturated heterocycles. The second kappa shape index (κ2) is 6.70. The lowest BCUT2D eigenvalue weighted by Crippen LogP contribution is -2.54. The van der Waals surface area contributed by atoms with Crippen LogP contribution in [0.25, 0.3) is 16.5 Å². The molecule has 2 aliphatic heterocycles. The van der Waals surface area contributed by atoms with Gasteiger partial charge in [0.1, 0.15) is 6.10 Å². The van der Waals surface area contributed by atoms with E-state index < -0.39 is 4.81 Å². The van der Waals surface area contributed by atoms with Crippen LogP contribution < -0.4 is 0 Å². The molecule has 5 aliphatic rings. The summed E-state index contributed by atoms with van der Waals surface area (Å²) in [6.45, 7) is 2.44. The molecule has 2 bridgehead atoms. The number of fused-ring (bicyclic) bond motifs is 2. The molecule has 1 saturated carbocycles. The first-order valence-electron chi connectivity index (χ1n) is 12.7. The van der Waals surface area contributed by atoms with E-state index in [0.29, 0.717) is 5.92 Å². The lowest BCUT2D eigenvalue weighted by molar-refractivity contribution is -1.04. The van der Waals surface area contributed by atoms with E-state index in [0.717, 1.165) is 55.8 Å². The van der Waals surface area contributed by atoms with E-state index in [-0.39, 0.29) is 22.7 Å². The maximum atomic E-state index is 12.2. The highest BCUT2D eigenvalue weighted by Gasteiger charge is 2.65. The van der Waals surface area contributed by atoms with Crippen molar-refractivity contribution >= 4 is 16.5 Å². The van der Waals surface area contributed by atoms with Crippen molar-refractivity contribution in [2.75, 3.05) is 14.1 Å². The van der Waals surface area contributed by atoms with Crippen molar-refractivity contribution in [3.05, 3.63) is 64.5 Å². The van der Waals surface area contributed by atoms with E-state index in [1.54, 1.807) is 14.1 Å². The zero-order valence-corrected chi connectivity index (χ0v) is 20.3. The quantitative estimate of drug-likeness (QED) is 0.480. The number of rotatable bonds is 3. The highest BCUT2D eigenvalue weighted by atomic mass is 16.9. The smallest absolute Gasteiger partial charge is 0.121 e. The third kappa shape index (κ3) is 2.80. The van der Waals surface area contributed by atoms with Crippen molar-refractivity contribution in [3.8, 4) is 0 Å². The van der Waals surface area contributed by atoms with Gasteiger partial charge in [0.25, 0.3) is 0 Å². The summed E-state index contributed by atoms with van der Waals surface area (Å²) in [4.78, 5) is 5.15. The van der Waals surface area contributed by atoms with Gasteiger partial charge in [-0.3, -0.25) is 5.10 Å². The number of hydrogen-bond acceptors (Lipinski definition) is 4. The van der Waals surface area contributed by atoms with Crippen molar-refractivity contribution in [2.45, 2.75) is 69.2 Å². The van der Waals surface area contributed by atoms with Gasteiger partial charge in [-0.1, -0.05) is 37.3 Å². The third-order valence-electron chi connectivity index (χ3n) is 9.38. The number of nitrogens with one attached hydrogen (secondary N) is 1. The van der Waals surface area contributed by atoms with Crippen LogP contribution in [0.3, 0.4) is 0 Å². The topological polar surface area (TPSA) is 70.2 Å². The Hall–Kier alpha value is -2.25. The summed E-state index contributed by atoms with van der Waals surface area (Å²) in [6, 6.07) is 6.67. The van der Waals surface area contributed by atoms with Gasteiger partial charge < -0.3 is 9.94 Å². The number of H-pyrrole nitrogens is 1. The molecule has 2 unspecified atom stereocenters. The molecule has 2 spiro atoms. The van der Waals surface area contributed by atoms with Gasteiger partial charge in [0.2, 0.25) is 0 Å². The summed E-state index contributed by atoms with van der Waals surface area (Å²) >= 11 is 0. The Labute approximate surface area is 200 Å². The van der Waals surface area contributed by atoms with Crippen molar-refractivity contribution in [2.24, 2.45) is 11.3 Å². The molecule has 178 valence electrons. The molecule has 34 heavy (non-hydrogen) atoms. The fourth-order valence-electron chi connectivity index (χ4n) is 7.95. The first-order chi connectivity index (χ1) is 16.2. The number of hydroxylamine groups is 4. The van der Waals surface area contributed by atoms with Crippen LogP contribution >= 0.6 is 0 Å². The van der Waals surface area contributed by atoms with Crippen LogP contribution in [0.1, 0.15) is 57.4 Å². The molecular formula is C28H33N3O3. The molecule has 7 rings (SSSR count). The number of nitrogens with zero attached hydrogens (tertiary/aromatic N) is 2. The Kier molecular flexibility index (Phi) is 4.15. The number of ether oxygens (including phenoxy) is 1. The van der Waals surface area contributed by atoms with E-state index in [1.165, 1.54) is 22.3 Å². The molecule has 0 radical (unpaired) electrons. The summed E-state index contributed by atoms with van der Waals surface area (Å²) < 4.78 is 7.27. The number of hydrogen-bond donors (Lipinski definition) is 1. The summed E-state index contributed by atoms with van der Waals surface area (Å²) in [6.07, 6.45) is 16.0. The number of quaternary nitrogens is 1. The molecule has 1 aromatic carbocycles. The Bertz CT molecular complexity index is 1280. The summed E-state index contributed by atoms with van der Waals surface area (Å²) in [5.74, 6) is 0.415. The van der Waals surface area contributed by atoms with Crippen LogP contribution in [0.15, 0.2) is 53.8 Å². The molecule has 0 amide bonds. The summed E-state index contributed by atoms with van der Waals surface area (Å²) in [7, 11) is 3.11. The zero-order valence-electron chi connectivity index (χ0n) is 20.3. The number of allylic oxidation sites excluding steroid dienone is 3. The first kappa shape index (κ1) is 21.1. The third-order valence-corrected chi connectivity index (χ3v) is 9.38. The Balaban J connectivity index is 1.24. The average molecular weight is 460 g/mol. The van der Waals surface area contributed by atoms with Crippen LogP contribution in [0.2, 0.25) is 0 Å². The van der Waals surface area contributed by atoms with Crippen molar-refractivity contribution in [3.63, 3.8) is 0 Å². The van der Waals surface area contributed by atoms with Crippen LogP contribution in [-0.4, -0.2) is 46.4 Å². The normalized spacial score (nSPS) is 38.6. The van der Waals surface area contributed by atoms with E-state index in [1.807, 2.05) is 6.20 Å². The van der Waals surface area contributed by atoms with E-state index in [2.05, 4.69) is 53.5 Å². The second-order valence-electron chi connectivity index (χ2n) is 11.7. The van der Waals surface area contributed by atoms with E-state index in [4.69, 9.17) is 9.57 Å². The minimum absolute atomic E-state index is 0.0343. The van der Waals surface area contributed by atoms with Gasteiger partial charge in [-0.05, 0) is 66.9 Å². The Morgan fingerprint density at radius 3 is 2.97 bits per heavy atom. The van der Waals surface area contributed by atoms with Crippen LogP contribution in [0.4, 0.5) is 0 Å². The van der Waals surface area contributed by atoms with Gasteiger partial charge >= 0.3 is 0 Å². The summed E-state index contributed by atoms with van der Waals surface area (Å²) in [5.41, 5.74) is 6.15. The van der Waals surface area contributed by atoms with E-state index in [9.17, 15) is 5.21 Å². The van der Waals surface area contributed by atoms with Gasteiger partial charge in [-0.15, -0.1) is 0 Å². The zero-order chi connectivity index (χ0) is 23.3. The fraction of sp³-hybridized carbons (Fsp3) is 0.536. The fourth-order valence-corrected chi connectivity index (χ4v) is 7.95. The second-order valence-corrected chi connectivity index (χ2v) is 11.7. The van der Waals surface area contributed by atoms with Crippen LogP contribution in [0, 0.1) is 16.5 Å². The molecule has 6 heteroatoms. The molecule has 1 N–H and O–H groups in total. The van der Waals surface area contributed by atoms with Crippen LogP contribution in [0.5, 0.6) is 0 Å². The SMILES string of the molecule is CC12CC=C3C=C4CCC(O[N+](C)(C)[O-])C[C@]45CC[C@]3(O5)[C@@H]1CC=C2c1ccc2cn[nH]c2c1. The predicted octanol–water partition coefficient (Wildman–Crippen LogP) is 5.59. The van der Waals surface area contributed by atoms with Gasteiger partial charge in [-0.25, -0.2) is 4.81 Å². The van der Waals surface area contributed by atoms with Gasteiger partial charge in [-0.2, -0.15) is 9.94 Å². The maximum absolute atomic E-state index is 12.2.